The third-order valence-corrected chi connectivity index (χ3v) is 6.33. The van der Waals surface area contributed by atoms with Crippen molar-refractivity contribution in [3.8, 4) is 23.3 Å². The predicted octanol–water partition coefficient (Wildman–Crippen LogP) is 6.43. The van der Waals surface area contributed by atoms with Gasteiger partial charge in [-0.1, -0.05) is 24.3 Å². The predicted molar refractivity (Wildman–Crippen MR) is 162 cm³/mol. The Bertz CT molecular complexity index is 1270. The van der Waals surface area contributed by atoms with Gasteiger partial charge in [0.15, 0.2) is 5.78 Å². The summed E-state index contributed by atoms with van der Waals surface area (Å²) < 4.78 is 28.6. The number of carbonyl (C=O) groups is 1. The molecular formula is C32H41BN2O6. The molecule has 1 saturated heterocycles. The molecule has 1 aliphatic heterocycles. The first-order valence-electron chi connectivity index (χ1n) is 13.8. The summed E-state index contributed by atoms with van der Waals surface area (Å²) in [5.74, 6) is 2.57. The molecule has 0 amide bonds. The van der Waals surface area contributed by atoms with E-state index in [-0.39, 0.29) is 36.3 Å². The van der Waals surface area contributed by atoms with Gasteiger partial charge >= 0.3 is 7.12 Å². The summed E-state index contributed by atoms with van der Waals surface area (Å²) >= 11 is 0. The summed E-state index contributed by atoms with van der Waals surface area (Å²) in [5, 5.41) is 0. The van der Waals surface area contributed by atoms with E-state index in [2.05, 4.69) is 9.97 Å². The van der Waals surface area contributed by atoms with Crippen LogP contribution in [0.25, 0.3) is 6.08 Å². The van der Waals surface area contributed by atoms with Crippen LogP contribution in [0.2, 0.25) is 0 Å². The van der Waals surface area contributed by atoms with Crippen LogP contribution in [0.4, 0.5) is 0 Å². The topological polar surface area (TPSA) is 89.0 Å². The maximum Gasteiger partial charge on any atom is 0.496 e. The van der Waals surface area contributed by atoms with Crippen LogP contribution in [0.3, 0.4) is 0 Å². The molecule has 0 saturated carbocycles. The van der Waals surface area contributed by atoms with Crippen molar-refractivity contribution < 1.29 is 28.3 Å². The number of rotatable bonds is 9. The van der Waals surface area contributed by atoms with Gasteiger partial charge in [-0.25, -0.2) is 9.97 Å². The second-order valence-electron chi connectivity index (χ2n) is 11.3. The molecule has 0 unspecified atom stereocenters. The molecule has 0 aliphatic carbocycles. The second-order valence-corrected chi connectivity index (χ2v) is 11.3. The molecule has 1 aromatic carbocycles. The highest BCUT2D eigenvalue weighted by Crippen LogP contribution is 2.36. The number of allylic oxidation sites excluding steroid dienone is 1. The first-order valence-corrected chi connectivity index (χ1v) is 13.8. The van der Waals surface area contributed by atoms with Crippen molar-refractivity contribution in [1.82, 2.24) is 9.97 Å². The van der Waals surface area contributed by atoms with E-state index in [4.69, 9.17) is 23.5 Å². The van der Waals surface area contributed by atoms with Crippen molar-refractivity contribution in [3.63, 3.8) is 0 Å². The Kier molecular flexibility index (Phi) is 10.7. The normalized spacial score (nSPS) is 15.5. The summed E-state index contributed by atoms with van der Waals surface area (Å²) in [4.78, 5) is 19.4. The molecule has 41 heavy (non-hydrogen) atoms. The van der Waals surface area contributed by atoms with Gasteiger partial charge in [-0.15, -0.1) is 0 Å². The number of nitrogens with zero attached hydrogens (tertiary/aromatic N) is 2. The maximum absolute atomic E-state index is 10.9. The molecule has 3 heterocycles. The average Bonchev–Trinajstić information content (AvgIpc) is 3.11. The number of ether oxygens (including phenoxy) is 3. The summed E-state index contributed by atoms with van der Waals surface area (Å²) in [6.07, 6.45) is 6.89. The van der Waals surface area contributed by atoms with E-state index < -0.39 is 0 Å². The van der Waals surface area contributed by atoms with Gasteiger partial charge in [0.05, 0.1) is 29.6 Å². The first-order chi connectivity index (χ1) is 19.2. The molecule has 4 rings (SSSR count). The summed E-state index contributed by atoms with van der Waals surface area (Å²) in [7, 11) is -0.370. The number of ketones is 1. The highest BCUT2D eigenvalue weighted by Gasteiger charge is 2.51. The molecule has 2 aromatic heterocycles. The summed E-state index contributed by atoms with van der Waals surface area (Å²) in [6.45, 7) is 17.5. The van der Waals surface area contributed by atoms with Crippen LogP contribution in [-0.4, -0.2) is 46.3 Å². The van der Waals surface area contributed by atoms with Gasteiger partial charge in [0.25, 0.3) is 0 Å². The van der Waals surface area contributed by atoms with Crippen molar-refractivity contribution in [3.05, 3.63) is 72.6 Å². The van der Waals surface area contributed by atoms with Crippen LogP contribution in [0.1, 0.15) is 67.9 Å². The fourth-order valence-electron chi connectivity index (χ4n) is 3.56. The van der Waals surface area contributed by atoms with Crippen molar-refractivity contribution in [2.75, 3.05) is 0 Å². The quantitative estimate of drug-likeness (QED) is 0.219. The van der Waals surface area contributed by atoms with Crippen molar-refractivity contribution in [1.29, 1.82) is 0 Å². The Balaban J connectivity index is 0.000000228. The van der Waals surface area contributed by atoms with Crippen molar-refractivity contribution in [2.24, 2.45) is 0 Å². The largest absolute Gasteiger partial charge is 0.496 e. The zero-order valence-electron chi connectivity index (χ0n) is 25.5. The smallest absolute Gasteiger partial charge is 0.475 e. The van der Waals surface area contributed by atoms with Gasteiger partial charge in [-0.3, -0.25) is 4.79 Å². The molecule has 0 atom stereocenters. The van der Waals surface area contributed by atoms with E-state index in [1.54, 1.807) is 24.5 Å². The van der Waals surface area contributed by atoms with E-state index in [9.17, 15) is 4.79 Å². The molecule has 0 spiro atoms. The van der Waals surface area contributed by atoms with E-state index in [1.165, 1.54) is 13.0 Å². The Morgan fingerprint density at radius 3 is 1.73 bits per heavy atom. The number of benzene rings is 1. The molecule has 0 N–H and O–H groups in total. The maximum atomic E-state index is 10.9. The Morgan fingerprint density at radius 1 is 0.780 bits per heavy atom. The van der Waals surface area contributed by atoms with E-state index in [0.717, 1.165) is 11.0 Å². The number of hydrogen-bond donors (Lipinski definition) is 0. The van der Waals surface area contributed by atoms with Crippen LogP contribution in [0.15, 0.2) is 67.0 Å². The highest BCUT2D eigenvalue weighted by molar-refractivity contribution is 6.62. The second kappa shape index (κ2) is 13.8. The highest BCUT2D eigenvalue weighted by atomic mass is 16.7. The Labute approximate surface area is 244 Å². The van der Waals surface area contributed by atoms with Gasteiger partial charge in [-0.2, -0.15) is 0 Å². The van der Waals surface area contributed by atoms with Gasteiger partial charge in [0.1, 0.15) is 11.5 Å². The number of carbonyl (C=O) groups excluding carboxylic acids is 1. The fraction of sp³-hybridized carbons (Fsp3) is 0.406. The molecule has 1 aliphatic rings. The number of hydrogen-bond acceptors (Lipinski definition) is 8. The summed E-state index contributed by atoms with van der Waals surface area (Å²) in [6, 6.07) is 14.8. The van der Waals surface area contributed by atoms with Crippen LogP contribution in [0.5, 0.6) is 23.3 Å². The van der Waals surface area contributed by atoms with Crippen LogP contribution in [-0.2, 0) is 14.1 Å². The van der Waals surface area contributed by atoms with E-state index >= 15 is 0 Å². The third kappa shape index (κ3) is 9.72. The van der Waals surface area contributed by atoms with Gasteiger partial charge in [0, 0.05) is 17.7 Å². The molecule has 218 valence electrons. The fourth-order valence-corrected chi connectivity index (χ4v) is 3.56. The number of aromatic nitrogens is 2. The molecule has 0 radical (unpaired) electrons. The standard InChI is InChI=1S/C18H19NO3.C14H22BNO3/c1-13(2)21-18-11-10-17(12-19-18)22-16-8-6-15(7-9-16)5-4-14(3)20;1-10(2)17-12-8-7-11(9-16-12)15-18-13(3,4)14(5,6)19-15/h4-13H,1-3H3;7-10H,1-6H3. The van der Waals surface area contributed by atoms with Crippen molar-refractivity contribution in [2.45, 2.75) is 85.7 Å². The van der Waals surface area contributed by atoms with E-state index in [0.29, 0.717) is 23.3 Å². The lowest BCUT2D eigenvalue weighted by atomic mass is 9.80. The lowest BCUT2D eigenvalue weighted by Gasteiger charge is -2.32. The van der Waals surface area contributed by atoms with Gasteiger partial charge in [-0.05, 0) is 98.2 Å². The SMILES string of the molecule is CC(=O)C=Cc1ccc(Oc2ccc(OC(C)C)nc2)cc1.CC(C)Oc1ccc(B2OC(C)(C)C(C)(C)O2)cn1. The minimum atomic E-state index is -0.370. The third-order valence-electron chi connectivity index (χ3n) is 6.33. The monoisotopic (exact) mass is 560 g/mol. The Hall–Kier alpha value is -3.69. The number of pyridine rings is 2. The molecule has 1 fully saturated rings. The van der Waals surface area contributed by atoms with Gasteiger partial charge in [0.2, 0.25) is 11.8 Å². The minimum absolute atomic E-state index is 0.0232. The summed E-state index contributed by atoms with van der Waals surface area (Å²) in [5.41, 5.74) is 1.20. The molecule has 8 nitrogen and oxygen atoms in total. The molecular weight excluding hydrogens is 519 g/mol. The Morgan fingerprint density at radius 2 is 1.29 bits per heavy atom. The minimum Gasteiger partial charge on any atom is -0.475 e. The molecule has 9 heteroatoms. The van der Waals surface area contributed by atoms with E-state index in [1.807, 2.05) is 97.9 Å². The first kappa shape index (κ1) is 31.8. The van der Waals surface area contributed by atoms with Crippen LogP contribution < -0.4 is 19.7 Å². The zero-order chi connectivity index (χ0) is 30.2. The van der Waals surface area contributed by atoms with Crippen LogP contribution in [0, 0.1) is 0 Å². The van der Waals surface area contributed by atoms with Crippen LogP contribution >= 0.6 is 0 Å². The average molecular weight is 561 g/mol. The lowest BCUT2D eigenvalue weighted by molar-refractivity contribution is -0.112. The molecule has 0 bridgehead atoms. The zero-order valence-corrected chi connectivity index (χ0v) is 25.5. The van der Waals surface area contributed by atoms with Crippen molar-refractivity contribution >= 4 is 24.4 Å². The van der Waals surface area contributed by atoms with Gasteiger partial charge < -0.3 is 23.5 Å². The molecule has 3 aromatic rings. The lowest BCUT2D eigenvalue weighted by Crippen LogP contribution is -2.41.